The van der Waals surface area contributed by atoms with Gasteiger partial charge >= 0.3 is 0 Å². The number of hydrogen-bond donors (Lipinski definition) is 0. The van der Waals surface area contributed by atoms with Gasteiger partial charge in [0.15, 0.2) is 18.7 Å². The molecule has 326 valence electrons. The lowest BCUT2D eigenvalue weighted by atomic mass is 9.79. The molecule has 4 fully saturated rings. The van der Waals surface area contributed by atoms with Crippen LogP contribution in [0, 0.1) is 17.8 Å². The van der Waals surface area contributed by atoms with E-state index < -0.39 is 0 Å². The molecule has 5 unspecified atom stereocenters. The monoisotopic (exact) mass is 816 g/mol. The lowest BCUT2D eigenvalue weighted by Crippen LogP contribution is -2.40. The fourth-order valence-corrected chi connectivity index (χ4v) is 8.20. The Morgan fingerprint density at radius 3 is 1.69 bits per heavy atom. The van der Waals surface area contributed by atoms with Gasteiger partial charge in [0.1, 0.15) is 0 Å². The Morgan fingerprint density at radius 1 is 0.603 bits per heavy atom. The van der Waals surface area contributed by atoms with E-state index in [9.17, 15) is 38.4 Å². The molecule has 4 heterocycles. The van der Waals surface area contributed by atoms with Crippen molar-refractivity contribution in [2.24, 2.45) is 17.8 Å². The van der Waals surface area contributed by atoms with Crippen LogP contribution in [0.15, 0.2) is 24.3 Å². The van der Waals surface area contributed by atoms with Crippen molar-refractivity contribution < 1.29 is 52.6 Å². The SMILES string of the molecule is C.C.CC(=O)N1CC(C)CC1OC=O.CC(=O)N1CC(C2CCCCC2)CC1OC=O.CC(=O)N1CCCCCC1OC=O.CC(=O)N1CCc2ccccc2C1=O. The quantitative estimate of drug-likeness (QED) is 0.243. The minimum Gasteiger partial charge on any atom is -0.444 e. The van der Waals surface area contributed by atoms with Crippen LogP contribution in [0.1, 0.15) is 136 Å². The molecule has 5 atom stereocenters. The Balaban J connectivity index is 0.000000386. The number of ether oxygens (including phenoxy) is 3. The summed E-state index contributed by atoms with van der Waals surface area (Å²) in [6, 6.07) is 7.44. The second-order valence-electron chi connectivity index (χ2n) is 15.1. The third-order valence-electron chi connectivity index (χ3n) is 11.1. The number of benzene rings is 1. The normalized spacial score (nSPS) is 23.7. The van der Waals surface area contributed by atoms with Gasteiger partial charge in [-0.1, -0.05) is 78.5 Å². The van der Waals surface area contributed by atoms with E-state index >= 15 is 0 Å². The van der Waals surface area contributed by atoms with Crippen LogP contribution in [0.4, 0.5) is 0 Å². The van der Waals surface area contributed by atoms with Crippen molar-refractivity contribution in [2.45, 2.75) is 145 Å². The molecule has 0 aromatic heterocycles. The largest absolute Gasteiger partial charge is 0.444 e. The summed E-state index contributed by atoms with van der Waals surface area (Å²) in [6.45, 7) is 11.9. The minimum absolute atomic E-state index is 0. The molecule has 1 aromatic rings. The number of rotatable bonds is 7. The van der Waals surface area contributed by atoms with Gasteiger partial charge in [-0.2, -0.15) is 0 Å². The number of carbonyl (C=O) groups is 8. The van der Waals surface area contributed by atoms with Crippen LogP contribution in [0.3, 0.4) is 0 Å². The van der Waals surface area contributed by atoms with Crippen molar-refractivity contribution in [3.8, 4) is 0 Å². The average Bonchev–Trinajstić information content (AvgIpc) is 3.69. The van der Waals surface area contributed by atoms with E-state index in [4.69, 9.17) is 14.2 Å². The van der Waals surface area contributed by atoms with Crippen molar-refractivity contribution in [1.82, 2.24) is 19.6 Å². The zero-order chi connectivity index (χ0) is 41.2. The van der Waals surface area contributed by atoms with E-state index in [0.29, 0.717) is 62.4 Å². The molecular weight excluding hydrogens is 748 g/mol. The van der Waals surface area contributed by atoms with Crippen molar-refractivity contribution >= 4 is 49.0 Å². The molecule has 3 saturated heterocycles. The summed E-state index contributed by atoms with van der Waals surface area (Å²) in [4.78, 5) is 93.5. The first-order chi connectivity index (χ1) is 26.8. The minimum atomic E-state index is -0.338. The highest BCUT2D eigenvalue weighted by atomic mass is 16.6. The van der Waals surface area contributed by atoms with E-state index in [0.717, 1.165) is 57.1 Å². The molecule has 1 aliphatic carbocycles. The van der Waals surface area contributed by atoms with Crippen molar-refractivity contribution in [1.29, 1.82) is 0 Å². The molecule has 5 amide bonds. The van der Waals surface area contributed by atoms with Crippen LogP contribution >= 0.6 is 0 Å². The highest BCUT2D eigenvalue weighted by molar-refractivity contribution is 6.05. The molecule has 15 nitrogen and oxygen atoms in total. The molecule has 58 heavy (non-hydrogen) atoms. The first kappa shape index (κ1) is 51.2. The van der Waals surface area contributed by atoms with Gasteiger partial charge in [-0.15, -0.1) is 0 Å². The van der Waals surface area contributed by atoms with Gasteiger partial charge in [0.2, 0.25) is 23.6 Å². The van der Waals surface area contributed by atoms with Gasteiger partial charge in [-0.3, -0.25) is 43.3 Å². The fourth-order valence-electron chi connectivity index (χ4n) is 8.20. The number of amides is 5. The lowest BCUT2D eigenvalue weighted by molar-refractivity contribution is -0.154. The van der Waals surface area contributed by atoms with Crippen LogP contribution in [-0.2, 0) is 54.2 Å². The number of nitrogens with zero attached hydrogens (tertiary/aromatic N) is 4. The Labute approximate surface area is 345 Å². The van der Waals surface area contributed by atoms with Crippen LogP contribution in [-0.4, -0.2) is 113 Å². The Bertz CT molecular complexity index is 1500. The maximum Gasteiger partial charge on any atom is 0.295 e. The topological polar surface area (TPSA) is 177 Å². The van der Waals surface area contributed by atoms with Crippen molar-refractivity contribution in [3.05, 3.63) is 35.4 Å². The number of likely N-dealkylation sites (tertiary alicyclic amines) is 3. The van der Waals surface area contributed by atoms with Gasteiger partial charge in [0.05, 0.1) is 0 Å². The van der Waals surface area contributed by atoms with E-state index in [1.54, 1.807) is 27.7 Å². The number of hydrogen-bond acceptors (Lipinski definition) is 11. The first-order valence-corrected chi connectivity index (χ1v) is 19.8. The molecule has 1 aromatic carbocycles. The summed E-state index contributed by atoms with van der Waals surface area (Å²) in [5, 5.41) is 0. The fraction of sp³-hybridized carbons (Fsp3) is 0.674. The third kappa shape index (κ3) is 15.2. The number of carbonyl (C=O) groups excluding carboxylic acids is 8. The Morgan fingerprint density at radius 2 is 1.12 bits per heavy atom. The molecular formula is C43H68N4O11. The zero-order valence-corrected chi connectivity index (χ0v) is 33.6. The standard InChI is InChI=1S/C13H21NO3.C11H11NO2.C9H15NO3.C8H13NO3.2CH4/c1-10(16)14-8-12(7-13(14)17-9-15)11-5-3-2-4-6-11;1-8(13)12-7-6-9-4-2-3-5-10(9)11(12)14;1-8(12)10-6-4-2-3-5-9(10)13-7-11;1-6-3-8(12-5-10)9(4-6)7(2)11;;/h9,11-13H,2-8H2,1H3;2-5H,6-7H2,1H3;7,9H,2-6H2,1H3;5-6,8H,3-4H2,1-2H3;2*1H4. The van der Waals surface area contributed by atoms with Crippen LogP contribution in [0.5, 0.6) is 0 Å². The van der Waals surface area contributed by atoms with Crippen LogP contribution in [0.25, 0.3) is 0 Å². The predicted octanol–water partition coefficient (Wildman–Crippen LogP) is 5.72. The smallest absolute Gasteiger partial charge is 0.295 e. The van der Waals surface area contributed by atoms with E-state index in [1.807, 2.05) is 25.1 Å². The number of fused-ring (bicyclic) bond motifs is 1. The molecule has 5 aliphatic rings. The summed E-state index contributed by atoms with van der Waals surface area (Å²) in [6.07, 6.45) is 11.7. The average molecular weight is 817 g/mol. The molecule has 0 bridgehead atoms. The summed E-state index contributed by atoms with van der Waals surface area (Å²) < 4.78 is 14.7. The van der Waals surface area contributed by atoms with Crippen LogP contribution < -0.4 is 0 Å². The lowest BCUT2D eigenvalue weighted by Gasteiger charge is -2.26. The summed E-state index contributed by atoms with van der Waals surface area (Å²) in [5.41, 5.74) is 1.70. The zero-order valence-electron chi connectivity index (χ0n) is 33.6. The second kappa shape index (κ2) is 26.2. The highest BCUT2D eigenvalue weighted by Gasteiger charge is 2.39. The molecule has 0 spiro atoms. The van der Waals surface area contributed by atoms with Gasteiger partial charge in [0.25, 0.3) is 25.3 Å². The Hall–Kier alpha value is -4.82. The summed E-state index contributed by atoms with van der Waals surface area (Å²) in [7, 11) is 0. The molecule has 0 N–H and O–H groups in total. The van der Waals surface area contributed by atoms with E-state index in [-0.39, 0.29) is 63.1 Å². The molecule has 6 rings (SSSR count). The van der Waals surface area contributed by atoms with Crippen molar-refractivity contribution in [3.63, 3.8) is 0 Å². The predicted molar refractivity (Wildman–Crippen MR) is 217 cm³/mol. The van der Waals surface area contributed by atoms with Gasteiger partial charge in [-0.05, 0) is 48.6 Å². The molecule has 0 radical (unpaired) electrons. The first-order valence-electron chi connectivity index (χ1n) is 19.8. The summed E-state index contributed by atoms with van der Waals surface area (Å²) >= 11 is 0. The second-order valence-corrected chi connectivity index (χ2v) is 15.1. The summed E-state index contributed by atoms with van der Waals surface area (Å²) in [5.74, 6) is 1.26. The third-order valence-corrected chi connectivity index (χ3v) is 11.1. The molecule has 1 saturated carbocycles. The van der Waals surface area contributed by atoms with E-state index in [1.165, 1.54) is 57.8 Å². The van der Waals surface area contributed by atoms with E-state index in [2.05, 4.69) is 0 Å². The van der Waals surface area contributed by atoms with Gasteiger partial charge < -0.3 is 28.9 Å². The molecule has 4 aliphatic heterocycles. The van der Waals surface area contributed by atoms with Gasteiger partial charge in [0, 0.05) is 78.7 Å². The Kier molecular flexibility index (Phi) is 23.2. The number of imide groups is 1. The maximum atomic E-state index is 11.8. The van der Waals surface area contributed by atoms with Crippen LogP contribution in [0.2, 0.25) is 0 Å². The van der Waals surface area contributed by atoms with Crippen molar-refractivity contribution in [2.75, 3.05) is 26.2 Å². The maximum absolute atomic E-state index is 11.8. The highest BCUT2D eigenvalue weighted by Crippen LogP contribution is 2.37. The molecule has 15 heteroatoms. The van der Waals surface area contributed by atoms with Gasteiger partial charge in [-0.25, -0.2) is 0 Å².